The molecule has 1 aromatic heterocycles. The van der Waals surface area contributed by atoms with Gasteiger partial charge in [0.25, 0.3) is 0 Å². The summed E-state index contributed by atoms with van der Waals surface area (Å²) in [6, 6.07) is 1.61. The first-order chi connectivity index (χ1) is 8.54. The SMILES string of the molecule is CCN(CCC(=O)O)C(=O)N(C)Cc1ccoc1. The van der Waals surface area contributed by atoms with Gasteiger partial charge < -0.3 is 19.3 Å². The molecule has 0 aromatic carbocycles. The molecule has 0 aliphatic rings. The van der Waals surface area contributed by atoms with E-state index in [1.54, 1.807) is 25.6 Å². The van der Waals surface area contributed by atoms with Gasteiger partial charge in [-0.2, -0.15) is 0 Å². The molecule has 0 saturated carbocycles. The highest BCUT2D eigenvalue weighted by atomic mass is 16.4. The number of furan rings is 1. The van der Waals surface area contributed by atoms with E-state index in [-0.39, 0.29) is 19.0 Å². The van der Waals surface area contributed by atoms with Crippen molar-refractivity contribution >= 4 is 12.0 Å². The first-order valence-electron chi connectivity index (χ1n) is 5.77. The third-order valence-electron chi connectivity index (χ3n) is 2.57. The van der Waals surface area contributed by atoms with Gasteiger partial charge in [0.15, 0.2) is 0 Å². The highest BCUT2D eigenvalue weighted by molar-refractivity contribution is 5.75. The predicted molar refractivity (Wildman–Crippen MR) is 65.1 cm³/mol. The van der Waals surface area contributed by atoms with Gasteiger partial charge in [-0.1, -0.05) is 0 Å². The molecule has 0 fully saturated rings. The maximum absolute atomic E-state index is 12.0. The molecule has 1 rings (SSSR count). The van der Waals surface area contributed by atoms with Crippen LogP contribution in [-0.4, -0.2) is 47.0 Å². The van der Waals surface area contributed by atoms with Crippen LogP contribution in [0.1, 0.15) is 18.9 Å². The molecule has 1 aromatic rings. The predicted octanol–water partition coefficient (Wildman–Crippen LogP) is 1.63. The van der Waals surface area contributed by atoms with Crippen molar-refractivity contribution in [2.45, 2.75) is 19.9 Å². The van der Waals surface area contributed by atoms with E-state index in [0.29, 0.717) is 13.1 Å². The van der Waals surface area contributed by atoms with E-state index in [2.05, 4.69) is 0 Å². The lowest BCUT2D eigenvalue weighted by Crippen LogP contribution is -2.41. The number of amides is 2. The van der Waals surface area contributed by atoms with Gasteiger partial charge in [-0.3, -0.25) is 4.79 Å². The Morgan fingerprint density at radius 2 is 2.17 bits per heavy atom. The van der Waals surface area contributed by atoms with E-state index in [1.165, 1.54) is 9.80 Å². The second kappa shape index (κ2) is 6.68. The number of urea groups is 1. The second-order valence-corrected chi connectivity index (χ2v) is 3.99. The quantitative estimate of drug-likeness (QED) is 0.837. The van der Waals surface area contributed by atoms with E-state index >= 15 is 0 Å². The van der Waals surface area contributed by atoms with Gasteiger partial charge in [0.05, 0.1) is 25.5 Å². The molecule has 0 atom stereocenters. The van der Waals surface area contributed by atoms with Crippen LogP contribution in [-0.2, 0) is 11.3 Å². The summed E-state index contributed by atoms with van der Waals surface area (Å²) in [5, 5.41) is 8.62. The van der Waals surface area contributed by atoms with Crippen molar-refractivity contribution in [3.63, 3.8) is 0 Å². The van der Waals surface area contributed by atoms with Crippen molar-refractivity contribution in [3.8, 4) is 0 Å². The Labute approximate surface area is 106 Å². The largest absolute Gasteiger partial charge is 0.481 e. The standard InChI is InChI=1S/C12H18N2O4/c1-3-14(6-4-11(15)16)12(17)13(2)8-10-5-7-18-9-10/h5,7,9H,3-4,6,8H2,1-2H3,(H,15,16). The Morgan fingerprint density at radius 1 is 1.44 bits per heavy atom. The summed E-state index contributed by atoms with van der Waals surface area (Å²) in [5.41, 5.74) is 0.903. The number of rotatable bonds is 6. The molecule has 0 spiro atoms. The van der Waals surface area contributed by atoms with Gasteiger partial charge in [0, 0.05) is 25.7 Å². The first kappa shape index (κ1) is 14.1. The summed E-state index contributed by atoms with van der Waals surface area (Å²) in [7, 11) is 1.68. The minimum atomic E-state index is -0.904. The molecule has 6 nitrogen and oxygen atoms in total. The van der Waals surface area contributed by atoms with Gasteiger partial charge in [0.1, 0.15) is 0 Å². The number of carboxylic acids is 1. The number of carboxylic acid groups (broad SMARTS) is 1. The lowest BCUT2D eigenvalue weighted by Gasteiger charge is -2.26. The molecule has 2 amide bonds. The topological polar surface area (TPSA) is 74.0 Å². The Kier molecular flexibility index (Phi) is 5.23. The summed E-state index contributed by atoms with van der Waals surface area (Å²) in [6.45, 7) is 2.98. The van der Waals surface area contributed by atoms with E-state index in [0.717, 1.165) is 5.56 Å². The monoisotopic (exact) mass is 254 g/mol. The van der Waals surface area contributed by atoms with Crippen LogP contribution >= 0.6 is 0 Å². The number of hydrogen-bond acceptors (Lipinski definition) is 3. The van der Waals surface area contributed by atoms with Crippen molar-refractivity contribution < 1.29 is 19.1 Å². The molecule has 18 heavy (non-hydrogen) atoms. The van der Waals surface area contributed by atoms with Gasteiger partial charge in [-0.15, -0.1) is 0 Å². The Morgan fingerprint density at radius 3 is 2.67 bits per heavy atom. The van der Waals surface area contributed by atoms with Crippen LogP contribution in [0.3, 0.4) is 0 Å². The number of nitrogens with zero attached hydrogens (tertiary/aromatic N) is 2. The number of carbonyl (C=O) groups excluding carboxylic acids is 1. The summed E-state index contributed by atoms with van der Waals surface area (Å²) >= 11 is 0. The third kappa shape index (κ3) is 4.12. The molecule has 100 valence electrons. The van der Waals surface area contributed by atoms with E-state index in [9.17, 15) is 9.59 Å². The zero-order valence-electron chi connectivity index (χ0n) is 10.6. The van der Waals surface area contributed by atoms with Crippen LogP contribution in [0.2, 0.25) is 0 Å². The Balaban J connectivity index is 2.51. The van der Waals surface area contributed by atoms with Crippen LogP contribution in [0.4, 0.5) is 4.79 Å². The lowest BCUT2D eigenvalue weighted by molar-refractivity contribution is -0.137. The van der Waals surface area contributed by atoms with Crippen LogP contribution in [0.15, 0.2) is 23.0 Å². The second-order valence-electron chi connectivity index (χ2n) is 3.99. The smallest absolute Gasteiger partial charge is 0.320 e. The molecule has 0 unspecified atom stereocenters. The summed E-state index contributed by atoms with van der Waals surface area (Å²) in [5.74, 6) is -0.904. The molecular weight excluding hydrogens is 236 g/mol. The molecule has 0 saturated heterocycles. The van der Waals surface area contributed by atoms with E-state index in [4.69, 9.17) is 9.52 Å². The lowest BCUT2D eigenvalue weighted by atomic mass is 10.3. The number of carbonyl (C=O) groups is 2. The molecule has 0 aliphatic carbocycles. The van der Waals surface area contributed by atoms with Crippen LogP contribution in [0.25, 0.3) is 0 Å². The summed E-state index contributed by atoms with van der Waals surface area (Å²) < 4.78 is 4.93. The highest BCUT2D eigenvalue weighted by Crippen LogP contribution is 2.06. The van der Waals surface area contributed by atoms with Crippen LogP contribution in [0, 0.1) is 0 Å². The maximum atomic E-state index is 12.0. The molecule has 1 heterocycles. The maximum Gasteiger partial charge on any atom is 0.320 e. The van der Waals surface area contributed by atoms with Crippen LogP contribution in [0.5, 0.6) is 0 Å². The van der Waals surface area contributed by atoms with Crippen molar-refractivity contribution in [1.29, 1.82) is 0 Å². The molecule has 0 aliphatic heterocycles. The van der Waals surface area contributed by atoms with Gasteiger partial charge in [0.2, 0.25) is 0 Å². The zero-order valence-corrected chi connectivity index (χ0v) is 10.6. The molecule has 1 N–H and O–H groups in total. The van der Waals surface area contributed by atoms with Gasteiger partial charge in [-0.05, 0) is 13.0 Å². The fraction of sp³-hybridized carbons (Fsp3) is 0.500. The van der Waals surface area contributed by atoms with Gasteiger partial charge >= 0.3 is 12.0 Å². The van der Waals surface area contributed by atoms with Crippen molar-refractivity contribution in [2.24, 2.45) is 0 Å². The van der Waals surface area contributed by atoms with Crippen molar-refractivity contribution in [1.82, 2.24) is 9.80 Å². The van der Waals surface area contributed by atoms with E-state index in [1.807, 2.05) is 6.92 Å². The van der Waals surface area contributed by atoms with E-state index < -0.39 is 5.97 Å². The average molecular weight is 254 g/mol. The fourth-order valence-electron chi connectivity index (χ4n) is 1.59. The summed E-state index contributed by atoms with van der Waals surface area (Å²) in [4.78, 5) is 25.6. The summed E-state index contributed by atoms with van der Waals surface area (Å²) in [6.07, 6.45) is 3.09. The third-order valence-corrected chi connectivity index (χ3v) is 2.57. The first-order valence-corrected chi connectivity index (χ1v) is 5.77. The van der Waals surface area contributed by atoms with Gasteiger partial charge in [-0.25, -0.2) is 4.79 Å². The molecular formula is C12H18N2O4. The van der Waals surface area contributed by atoms with Crippen LogP contribution < -0.4 is 0 Å². The van der Waals surface area contributed by atoms with Crippen molar-refractivity contribution in [2.75, 3.05) is 20.1 Å². The molecule has 0 bridgehead atoms. The Bertz CT molecular complexity index is 389. The molecule has 6 heteroatoms. The zero-order chi connectivity index (χ0) is 13.5. The normalized spacial score (nSPS) is 10.1. The minimum absolute atomic E-state index is 0.0425. The van der Waals surface area contributed by atoms with Crippen molar-refractivity contribution in [3.05, 3.63) is 24.2 Å². The minimum Gasteiger partial charge on any atom is -0.481 e. The molecule has 0 radical (unpaired) electrons. The Hall–Kier alpha value is -1.98. The average Bonchev–Trinajstić information content (AvgIpc) is 2.81. The highest BCUT2D eigenvalue weighted by Gasteiger charge is 2.17. The number of aliphatic carboxylic acids is 1. The fourth-order valence-corrected chi connectivity index (χ4v) is 1.59. The number of hydrogen-bond donors (Lipinski definition) is 1.